The summed E-state index contributed by atoms with van der Waals surface area (Å²) in [6, 6.07) is 2.90. The van der Waals surface area contributed by atoms with E-state index in [1.165, 1.54) is 19.4 Å². The first-order valence-electron chi connectivity index (χ1n) is 12.2. The number of methoxy groups -OCH3 is 1. The average molecular weight is 504 g/mol. The first-order valence-corrected chi connectivity index (χ1v) is 12.2. The van der Waals surface area contributed by atoms with Crippen LogP contribution in [0.25, 0.3) is 11.0 Å². The van der Waals surface area contributed by atoms with Gasteiger partial charge in [-0.15, -0.1) is 0 Å². The summed E-state index contributed by atoms with van der Waals surface area (Å²) in [6.07, 6.45) is 1.90. The first-order chi connectivity index (χ1) is 16.9. The van der Waals surface area contributed by atoms with Crippen molar-refractivity contribution in [1.29, 1.82) is 0 Å². The van der Waals surface area contributed by atoms with E-state index < -0.39 is 41.3 Å². The van der Waals surface area contributed by atoms with Gasteiger partial charge < -0.3 is 23.8 Å². The molecule has 36 heavy (non-hydrogen) atoms. The number of cyclic esters (lactones) is 1. The van der Waals surface area contributed by atoms with Gasteiger partial charge in [-0.25, -0.2) is 19.2 Å². The third-order valence-electron chi connectivity index (χ3n) is 6.49. The minimum Gasteiger partial charge on any atom is -0.480 e. The van der Waals surface area contributed by atoms with E-state index >= 15 is 4.39 Å². The van der Waals surface area contributed by atoms with Crippen molar-refractivity contribution >= 4 is 23.1 Å². The van der Waals surface area contributed by atoms with E-state index in [2.05, 4.69) is 9.97 Å². The monoisotopic (exact) mass is 503 g/mol. The second-order valence-electron chi connectivity index (χ2n) is 10.8. The van der Waals surface area contributed by atoms with Gasteiger partial charge in [0.25, 0.3) is 0 Å². The number of carbonyl (C=O) groups excluding carboxylic acids is 2. The Kier molecular flexibility index (Phi) is 7.10. The Morgan fingerprint density at radius 1 is 1.22 bits per heavy atom. The number of hydrogen-bond donors (Lipinski definition) is 0. The standard InChI is InChI=1S/C26H34FN3O6/c1-25(2,3)36-24(32)30-12-11-15-7-10-19(34-26(4,5)35-23(31)16(15)14-30)21-17(27)8-9-18-22(21)29-20(33-6)13-28-18/h8-9,13,15-16,19H,7,10-12,14H2,1-6H3/t15-,16+,19?/m1/s1. The van der Waals surface area contributed by atoms with Crippen molar-refractivity contribution in [2.75, 3.05) is 20.2 Å². The number of nitrogens with zero attached hydrogens (tertiary/aromatic N) is 3. The minimum atomic E-state index is -1.34. The molecular weight excluding hydrogens is 469 g/mol. The van der Waals surface area contributed by atoms with E-state index in [9.17, 15) is 9.59 Å². The van der Waals surface area contributed by atoms with E-state index in [-0.39, 0.29) is 23.9 Å². The third-order valence-corrected chi connectivity index (χ3v) is 6.49. The minimum absolute atomic E-state index is 0.0603. The van der Waals surface area contributed by atoms with Crippen LogP contribution in [0.3, 0.4) is 0 Å². The number of benzene rings is 1. The van der Waals surface area contributed by atoms with Crippen LogP contribution in [0.1, 0.15) is 65.5 Å². The fraction of sp³-hybridized carbons (Fsp3) is 0.615. The van der Waals surface area contributed by atoms with Crippen molar-refractivity contribution in [2.24, 2.45) is 11.8 Å². The smallest absolute Gasteiger partial charge is 0.410 e. The zero-order valence-electron chi connectivity index (χ0n) is 21.7. The molecule has 2 aliphatic heterocycles. The lowest BCUT2D eigenvalue weighted by Crippen LogP contribution is -2.49. The van der Waals surface area contributed by atoms with Gasteiger partial charge in [-0.3, -0.25) is 4.79 Å². The van der Waals surface area contributed by atoms with Gasteiger partial charge in [0.15, 0.2) is 0 Å². The molecule has 1 aromatic heterocycles. The van der Waals surface area contributed by atoms with E-state index in [4.69, 9.17) is 18.9 Å². The lowest BCUT2D eigenvalue weighted by molar-refractivity contribution is -0.236. The molecule has 2 aromatic rings. The second-order valence-corrected chi connectivity index (χ2v) is 10.8. The quantitative estimate of drug-likeness (QED) is 0.540. The van der Waals surface area contributed by atoms with Crippen LogP contribution < -0.4 is 4.74 Å². The van der Waals surface area contributed by atoms with Gasteiger partial charge in [-0.2, -0.15) is 0 Å². The molecular formula is C26H34FN3O6. The molecule has 3 heterocycles. The summed E-state index contributed by atoms with van der Waals surface area (Å²) in [5.41, 5.74) is 0.475. The number of esters is 1. The third kappa shape index (κ3) is 5.69. The molecule has 0 spiro atoms. The predicted molar refractivity (Wildman–Crippen MR) is 129 cm³/mol. The van der Waals surface area contributed by atoms with Crippen LogP contribution in [-0.4, -0.2) is 58.5 Å². The largest absolute Gasteiger partial charge is 0.480 e. The Morgan fingerprint density at radius 2 is 1.97 bits per heavy atom. The van der Waals surface area contributed by atoms with Gasteiger partial charge >= 0.3 is 12.1 Å². The molecule has 0 radical (unpaired) electrons. The zero-order chi connectivity index (χ0) is 26.3. The number of rotatable bonds is 2. The Morgan fingerprint density at radius 3 is 2.67 bits per heavy atom. The Hall–Kier alpha value is -3.01. The molecule has 2 saturated heterocycles. The van der Waals surface area contributed by atoms with Crippen molar-refractivity contribution in [2.45, 2.75) is 71.4 Å². The maximum Gasteiger partial charge on any atom is 0.410 e. The van der Waals surface area contributed by atoms with Crippen molar-refractivity contribution in [1.82, 2.24) is 14.9 Å². The van der Waals surface area contributed by atoms with E-state index in [0.29, 0.717) is 36.8 Å². The van der Waals surface area contributed by atoms with Crippen LogP contribution in [0.2, 0.25) is 0 Å². The number of hydrogen-bond acceptors (Lipinski definition) is 8. The molecule has 10 heteroatoms. The number of halogens is 1. The lowest BCUT2D eigenvalue weighted by atomic mass is 9.81. The van der Waals surface area contributed by atoms with E-state index in [0.717, 1.165) is 0 Å². The summed E-state index contributed by atoms with van der Waals surface area (Å²) in [5.74, 6) is -2.60. The molecule has 1 unspecified atom stereocenters. The fourth-order valence-corrected chi connectivity index (χ4v) is 4.88. The normalized spacial score (nSPS) is 24.7. The topological polar surface area (TPSA) is 100 Å². The number of piperidine rings is 1. The van der Waals surface area contributed by atoms with Crippen LogP contribution in [0.5, 0.6) is 5.88 Å². The number of aromatic nitrogens is 2. The maximum atomic E-state index is 15.3. The molecule has 0 N–H and O–H groups in total. The number of carbonyl (C=O) groups is 2. The highest BCUT2D eigenvalue weighted by molar-refractivity contribution is 5.79. The Labute approximate surface area is 210 Å². The molecule has 0 aliphatic carbocycles. The summed E-state index contributed by atoms with van der Waals surface area (Å²) in [4.78, 5) is 36.2. The molecule has 2 aliphatic rings. The highest BCUT2D eigenvalue weighted by Gasteiger charge is 2.43. The van der Waals surface area contributed by atoms with Crippen LogP contribution in [0.15, 0.2) is 18.3 Å². The van der Waals surface area contributed by atoms with E-state index in [1.54, 1.807) is 45.6 Å². The first kappa shape index (κ1) is 26.1. The number of amides is 1. The summed E-state index contributed by atoms with van der Waals surface area (Å²) in [6.45, 7) is 9.33. The molecule has 4 rings (SSSR count). The molecule has 0 bridgehead atoms. The predicted octanol–water partition coefficient (Wildman–Crippen LogP) is 4.78. The molecule has 9 nitrogen and oxygen atoms in total. The van der Waals surface area contributed by atoms with Crippen LogP contribution in [-0.2, 0) is 19.0 Å². The Bertz CT molecular complexity index is 1150. The van der Waals surface area contributed by atoms with Crippen molar-refractivity contribution in [3.63, 3.8) is 0 Å². The van der Waals surface area contributed by atoms with Crippen LogP contribution >= 0.6 is 0 Å². The van der Waals surface area contributed by atoms with Gasteiger partial charge in [0.05, 0.1) is 30.8 Å². The zero-order valence-corrected chi connectivity index (χ0v) is 21.7. The van der Waals surface area contributed by atoms with E-state index in [1.807, 2.05) is 0 Å². The van der Waals surface area contributed by atoms with Crippen molar-refractivity contribution in [3.8, 4) is 5.88 Å². The lowest BCUT2D eigenvalue weighted by Gasteiger charge is -2.38. The summed E-state index contributed by atoms with van der Waals surface area (Å²) in [5, 5.41) is 0. The van der Waals surface area contributed by atoms with Gasteiger partial charge in [-0.05, 0) is 58.1 Å². The summed E-state index contributed by atoms with van der Waals surface area (Å²) >= 11 is 0. The van der Waals surface area contributed by atoms with Gasteiger partial charge in [0.2, 0.25) is 11.7 Å². The number of likely N-dealkylation sites (tertiary alicyclic amines) is 1. The molecule has 0 saturated carbocycles. The van der Waals surface area contributed by atoms with Crippen molar-refractivity contribution < 1.29 is 32.9 Å². The fourth-order valence-electron chi connectivity index (χ4n) is 4.88. The Balaban J connectivity index is 1.64. The van der Waals surface area contributed by atoms with Gasteiger partial charge in [-0.1, -0.05) is 0 Å². The highest BCUT2D eigenvalue weighted by atomic mass is 19.1. The second kappa shape index (κ2) is 9.80. The SMILES string of the molecule is COc1cnc2ccc(F)c(C3CC[C@@H]4CCN(C(=O)OC(C)(C)C)C[C@@H]4C(=O)OC(C)(C)O3)c2n1. The average Bonchev–Trinajstić information content (AvgIpc) is 2.83. The maximum absolute atomic E-state index is 15.3. The highest BCUT2D eigenvalue weighted by Crippen LogP contribution is 2.40. The summed E-state index contributed by atoms with van der Waals surface area (Å²) < 4.78 is 38.0. The molecule has 3 atom stereocenters. The van der Waals surface area contributed by atoms with Gasteiger partial charge in [0, 0.05) is 32.5 Å². The molecule has 2 fully saturated rings. The number of ether oxygens (including phenoxy) is 4. The van der Waals surface area contributed by atoms with Crippen LogP contribution in [0, 0.1) is 17.7 Å². The molecule has 1 amide bonds. The van der Waals surface area contributed by atoms with Crippen molar-refractivity contribution in [3.05, 3.63) is 29.7 Å². The molecule has 196 valence electrons. The number of fused-ring (bicyclic) bond motifs is 2. The van der Waals surface area contributed by atoms with Gasteiger partial charge in [0.1, 0.15) is 16.9 Å². The molecule has 1 aromatic carbocycles. The van der Waals surface area contributed by atoms with Crippen LogP contribution in [0.4, 0.5) is 9.18 Å². The summed E-state index contributed by atoms with van der Waals surface area (Å²) in [7, 11) is 1.47.